The molecule has 0 heterocycles. The Labute approximate surface area is 252 Å². The molecule has 0 saturated carbocycles. The smallest absolute Gasteiger partial charge is 0.273 e. The van der Waals surface area contributed by atoms with Crippen molar-refractivity contribution in [1.29, 1.82) is 0 Å². The molecule has 2 amide bonds. The second-order valence-electron chi connectivity index (χ2n) is 10.1. The van der Waals surface area contributed by atoms with E-state index in [2.05, 4.69) is 5.32 Å². The van der Waals surface area contributed by atoms with Crippen LogP contribution in [0.1, 0.15) is 43.4 Å². The number of carbonyl (C=O) groups is 2. The fraction of sp³-hybridized carbons (Fsp3) is 0.355. The number of hydrogen-bond acceptors (Lipinski definition) is 7. The van der Waals surface area contributed by atoms with Gasteiger partial charge in [0.05, 0.1) is 22.6 Å². The molecule has 43 heavy (non-hydrogen) atoms. The summed E-state index contributed by atoms with van der Waals surface area (Å²) < 4.78 is 34.3. The Morgan fingerprint density at radius 2 is 1.67 bits per heavy atom. The number of nitrogens with one attached hydrogen (secondary N) is 1. The average Bonchev–Trinajstić information content (AvgIpc) is 2.99. The molecule has 0 aliphatic rings. The molecule has 0 radical (unpaired) electrons. The van der Waals surface area contributed by atoms with Crippen LogP contribution in [0.25, 0.3) is 0 Å². The third-order valence-electron chi connectivity index (χ3n) is 7.14. The van der Waals surface area contributed by atoms with Crippen molar-refractivity contribution in [2.24, 2.45) is 0 Å². The Kier molecular flexibility index (Phi) is 11.2. The van der Waals surface area contributed by atoms with Gasteiger partial charge in [0, 0.05) is 24.7 Å². The summed E-state index contributed by atoms with van der Waals surface area (Å²) in [5.41, 5.74) is 1.81. The maximum Gasteiger partial charge on any atom is 0.273 e. The van der Waals surface area contributed by atoms with Crippen molar-refractivity contribution in [2.75, 3.05) is 24.5 Å². The van der Waals surface area contributed by atoms with Crippen molar-refractivity contribution in [3.05, 3.63) is 93.5 Å². The van der Waals surface area contributed by atoms with E-state index >= 15 is 0 Å². The number of amides is 2. The number of rotatable bonds is 14. The minimum absolute atomic E-state index is 0.0794. The zero-order chi connectivity index (χ0) is 31.7. The molecule has 0 unspecified atom stereocenters. The van der Waals surface area contributed by atoms with Gasteiger partial charge in [0.15, 0.2) is 0 Å². The molecular formula is C31H38N4O7S. The highest BCUT2D eigenvalue weighted by Gasteiger charge is 2.34. The summed E-state index contributed by atoms with van der Waals surface area (Å²) in [6, 6.07) is 16.3. The molecule has 3 rings (SSSR count). The van der Waals surface area contributed by atoms with Gasteiger partial charge in [-0.2, -0.15) is 0 Å². The van der Waals surface area contributed by atoms with Crippen LogP contribution < -0.4 is 14.4 Å². The van der Waals surface area contributed by atoms with E-state index in [9.17, 15) is 28.1 Å². The van der Waals surface area contributed by atoms with E-state index in [4.69, 9.17) is 4.74 Å². The van der Waals surface area contributed by atoms with Crippen LogP contribution in [0.3, 0.4) is 0 Å². The SMILES string of the molecule is CCCNC(=O)[C@@H](CC)N(Cc1ccccc1C)C(=O)CN(c1ccc(OC)cc1)S(=O)(=O)c1ccc(C)c([N+](=O)[O-])c1. The van der Waals surface area contributed by atoms with Gasteiger partial charge >= 0.3 is 0 Å². The fourth-order valence-electron chi connectivity index (χ4n) is 4.61. The number of hydrogen-bond donors (Lipinski definition) is 1. The number of nitro benzene ring substituents is 1. The van der Waals surface area contributed by atoms with Crippen LogP contribution in [0.4, 0.5) is 11.4 Å². The number of ether oxygens (including phenoxy) is 1. The first-order valence-electron chi connectivity index (χ1n) is 14.0. The molecule has 0 aliphatic heterocycles. The summed E-state index contributed by atoms with van der Waals surface area (Å²) in [7, 11) is -3.01. The molecule has 11 nitrogen and oxygen atoms in total. The molecule has 0 bridgehead atoms. The quantitative estimate of drug-likeness (QED) is 0.205. The summed E-state index contributed by atoms with van der Waals surface area (Å²) in [5, 5.41) is 14.5. The van der Waals surface area contributed by atoms with Gasteiger partial charge in [-0.3, -0.25) is 24.0 Å². The van der Waals surface area contributed by atoms with E-state index in [0.717, 1.165) is 21.5 Å². The molecule has 0 aliphatic carbocycles. The molecule has 1 N–H and O–H groups in total. The molecule has 0 aromatic heterocycles. The first kappa shape index (κ1) is 33.1. The lowest BCUT2D eigenvalue weighted by atomic mass is 10.1. The van der Waals surface area contributed by atoms with E-state index in [-0.39, 0.29) is 28.7 Å². The van der Waals surface area contributed by atoms with Crippen molar-refractivity contribution in [3.63, 3.8) is 0 Å². The summed E-state index contributed by atoms with van der Waals surface area (Å²) in [5.74, 6) is -0.472. The number of methoxy groups -OCH3 is 1. The lowest BCUT2D eigenvalue weighted by Gasteiger charge is -2.33. The minimum atomic E-state index is -4.48. The Morgan fingerprint density at radius 1 is 1.00 bits per heavy atom. The zero-order valence-electron chi connectivity index (χ0n) is 25.1. The second kappa shape index (κ2) is 14.6. The van der Waals surface area contributed by atoms with Gasteiger partial charge in [0.1, 0.15) is 18.3 Å². The molecule has 0 spiro atoms. The second-order valence-corrected chi connectivity index (χ2v) is 11.9. The highest BCUT2D eigenvalue weighted by molar-refractivity contribution is 7.92. The largest absolute Gasteiger partial charge is 0.497 e. The van der Waals surface area contributed by atoms with Gasteiger partial charge in [0.25, 0.3) is 15.7 Å². The summed E-state index contributed by atoms with van der Waals surface area (Å²) >= 11 is 0. The highest BCUT2D eigenvalue weighted by Crippen LogP contribution is 2.29. The number of nitro groups is 1. The van der Waals surface area contributed by atoms with Crippen LogP contribution in [-0.4, -0.2) is 56.3 Å². The molecule has 3 aromatic rings. The Hall–Kier alpha value is -4.45. The van der Waals surface area contributed by atoms with Gasteiger partial charge < -0.3 is 15.0 Å². The number of carbonyl (C=O) groups excluding carboxylic acids is 2. The van der Waals surface area contributed by atoms with E-state index in [1.807, 2.05) is 38.1 Å². The summed E-state index contributed by atoms with van der Waals surface area (Å²) in [6.07, 6.45) is 1.01. The van der Waals surface area contributed by atoms with Gasteiger partial charge in [-0.25, -0.2) is 8.42 Å². The van der Waals surface area contributed by atoms with E-state index in [1.165, 1.54) is 43.2 Å². The van der Waals surface area contributed by atoms with Crippen LogP contribution in [0.2, 0.25) is 0 Å². The van der Waals surface area contributed by atoms with Crippen molar-refractivity contribution in [3.8, 4) is 5.75 Å². The first-order valence-corrected chi connectivity index (χ1v) is 15.4. The predicted molar refractivity (Wildman–Crippen MR) is 164 cm³/mol. The highest BCUT2D eigenvalue weighted by atomic mass is 32.2. The van der Waals surface area contributed by atoms with Crippen LogP contribution in [0, 0.1) is 24.0 Å². The standard InChI is InChI=1S/C31H38N4O7S/c1-6-18-32-31(37)28(7-2)33(20-24-11-9-8-10-22(24)3)30(36)21-34(25-13-15-26(42-5)16-14-25)43(40,41)27-17-12-23(4)29(19-27)35(38)39/h8-17,19,28H,6-7,18,20-21H2,1-5H3,(H,32,37)/t28-/m1/s1. The monoisotopic (exact) mass is 610 g/mol. The van der Waals surface area contributed by atoms with Crippen molar-refractivity contribution < 1.29 is 27.7 Å². The van der Waals surface area contributed by atoms with Crippen molar-refractivity contribution >= 4 is 33.2 Å². The van der Waals surface area contributed by atoms with Crippen LogP contribution in [0.5, 0.6) is 5.75 Å². The Morgan fingerprint density at radius 3 is 2.26 bits per heavy atom. The summed E-state index contributed by atoms with van der Waals surface area (Å²) in [6.45, 7) is 6.98. The van der Waals surface area contributed by atoms with Crippen LogP contribution in [-0.2, 0) is 26.2 Å². The summed E-state index contributed by atoms with van der Waals surface area (Å²) in [4.78, 5) is 39.4. The van der Waals surface area contributed by atoms with Crippen molar-refractivity contribution in [2.45, 2.75) is 58.0 Å². The average molecular weight is 611 g/mol. The number of anilines is 1. The van der Waals surface area contributed by atoms with Gasteiger partial charge in [-0.1, -0.05) is 44.2 Å². The molecule has 0 saturated heterocycles. The molecule has 3 aromatic carbocycles. The van der Waals surface area contributed by atoms with Crippen LogP contribution >= 0.6 is 0 Å². The van der Waals surface area contributed by atoms with E-state index in [1.54, 1.807) is 19.1 Å². The molecule has 0 fully saturated rings. The van der Waals surface area contributed by atoms with Crippen LogP contribution in [0.15, 0.2) is 71.6 Å². The molecular weight excluding hydrogens is 572 g/mol. The fourth-order valence-corrected chi connectivity index (χ4v) is 6.04. The molecule has 1 atom stereocenters. The Bertz CT molecular complexity index is 1560. The first-order chi connectivity index (χ1) is 20.4. The number of benzene rings is 3. The van der Waals surface area contributed by atoms with E-state index in [0.29, 0.717) is 30.7 Å². The third-order valence-corrected chi connectivity index (χ3v) is 8.91. The lowest BCUT2D eigenvalue weighted by molar-refractivity contribution is -0.385. The topological polar surface area (TPSA) is 139 Å². The number of sulfonamides is 1. The van der Waals surface area contributed by atoms with E-state index < -0.39 is 33.4 Å². The van der Waals surface area contributed by atoms with Gasteiger partial charge in [-0.05, 0) is 68.1 Å². The molecule has 12 heteroatoms. The van der Waals surface area contributed by atoms with Gasteiger partial charge in [-0.15, -0.1) is 0 Å². The molecule has 230 valence electrons. The van der Waals surface area contributed by atoms with Gasteiger partial charge in [0.2, 0.25) is 11.8 Å². The Balaban J connectivity index is 2.12. The normalized spacial score (nSPS) is 11.8. The third kappa shape index (κ3) is 7.89. The zero-order valence-corrected chi connectivity index (χ0v) is 25.9. The predicted octanol–water partition coefficient (Wildman–Crippen LogP) is 4.75. The number of aryl methyl sites for hydroxylation is 2. The maximum absolute atomic E-state index is 14.2. The maximum atomic E-state index is 14.2. The minimum Gasteiger partial charge on any atom is -0.497 e. The number of nitrogens with zero attached hydrogens (tertiary/aromatic N) is 3. The van der Waals surface area contributed by atoms with Crippen molar-refractivity contribution in [1.82, 2.24) is 10.2 Å². The lowest BCUT2D eigenvalue weighted by Crippen LogP contribution is -2.52.